The zero-order valence-corrected chi connectivity index (χ0v) is 10.9. The number of alkyl halides is 3. The molecule has 0 aliphatic rings. The Kier molecular flexibility index (Phi) is 4.97. The first-order valence-electron chi connectivity index (χ1n) is 5.82. The molecule has 7 heteroatoms. The fourth-order valence-electron chi connectivity index (χ4n) is 1.60. The minimum absolute atomic E-state index is 0.0229. The van der Waals surface area contributed by atoms with Crippen molar-refractivity contribution >= 4 is 5.97 Å². The minimum Gasteiger partial charge on any atom is -0.462 e. The fraction of sp³-hybridized carbons (Fsp3) is 0.385. The van der Waals surface area contributed by atoms with Crippen LogP contribution in [0.2, 0.25) is 0 Å². The third kappa shape index (κ3) is 3.88. The first kappa shape index (κ1) is 15.8. The Bertz CT molecular complexity index is 547. The standard InChI is InChI=1S/C13H12F3NO3/c1-3-8-5-9(12(18)19-4-2)6-10(7-17)11(8)20-13(14,15)16/h5-6H,3-4H2,1-2H3. The number of nitriles is 1. The van der Waals surface area contributed by atoms with Crippen molar-refractivity contribution in [1.82, 2.24) is 0 Å². The van der Waals surface area contributed by atoms with Crippen LogP contribution in [-0.2, 0) is 11.2 Å². The molecule has 0 atom stereocenters. The molecule has 0 fully saturated rings. The minimum atomic E-state index is -4.90. The van der Waals surface area contributed by atoms with Gasteiger partial charge >= 0.3 is 12.3 Å². The van der Waals surface area contributed by atoms with E-state index in [0.717, 1.165) is 6.07 Å². The maximum Gasteiger partial charge on any atom is 0.573 e. The van der Waals surface area contributed by atoms with Crippen LogP contribution in [0.5, 0.6) is 5.75 Å². The highest BCUT2D eigenvalue weighted by Gasteiger charge is 2.33. The average Bonchev–Trinajstić information content (AvgIpc) is 2.37. The van der Waals surface area contributed by atoms with E-state index in [4.69, 9.17) is 10.00 Å². The molecule has 0 amide bonds. The van der Waals surface area contributed by atoms with E-state index >= 15 is 0 Å². The molecule has 1 aromatic carbocycles. The third-order valence-electron chi connectivity index (χ3n) is 2.40. The molecular formula is C13H12F3NO3. The Morgan fingerprint density at radius 1 is 1.35 bits per heavy atom. The number of hydrogen-bond acceptors (Lipinski definition) is 4. The number of carbonyl (C=O) groups is 1. The van der Waals surface area contributed by atoms with Gasteiger partial charge in [-0.2, -0.15) is 5.26 Å². The van der Waals surface area contributed by atoms with Crippen molar-refractivity contribution in [2.45, 2.75) is 26.6 Å². The van der Waals surface area contributed by atoms with Gasteiger partial charge in [-0.3, -0.25) is 0 Å². The van der Waals surface area contributed by atoms with Crippen molar-refractivity contribution in [2.24, 2.45) is 0 Å². The summed E-state index contributed by atoms with van der Waals surface area (Å²) in [7, 11) is 0. The average molecular weight is 287 g/mol. The highest BCUT2D eigenvalue weighted by atomic mass is 19.4. The molecule has 0 saturated carbocycles. The summed E-state index contributed by atoms with van der Waals surface area (Å²) in [5.74, 6) is -1.27. The molecule has 1 rings (SSSR count). The molecule has 20 heavy (non-hydrogen) atoms. The smallest absolute Gasteiger partial charge is 0.462 e. The van der Waals surface area contributed by atoms with E-state index in [9.17, 15) is 18.0 Å². The molecule has 0 heterocycles. The Labute approximate surface area is 113 Å². The second kappa shape index (κ2) is 6.28. The Balaban J connectivity index is 3.33. The highest BCUT2D eigenvalue weighted by molar-refractivity contribution is 5.90. The lowest BCUT2D eigenvalue weighted by Crippen LogP contribution is -2.19. The van der Waals surface area contributed by atoms with Crippen LogP contribution < -0.4 is 4.74 Å². The van der Waals surface area contributed by atoms with Crippen molar-refractivity contribution in [2.75, 3.05) is 6.61 Å². The van der Waals surface area contributed by atoms with E-state index in [1.54, 1.807) is 19.9 Å². The number of halogens is 3. The summed E-state index contributed by atoms with van der Waals surface area (Å²) in [4.78, 5) is 11.6. The number of aryl methyl sites for hydroxylation is 1. The van der Waals surface area contributed by atoms with Gasteiger partial charge in [0.15, 0.2) is 0 Å². The van der Waals surface area contributed by atoms with E-state index in [2.05, 4.69) is 4.74 Å². The lowest BCUT2D eigenvalue weighted by Gasteiger charge is -2.15. The number of ether oxygens (including phenoxy) is 2. The van der Waals surface area contributed by atoms with Crippen molar-refractivity contribution in [3.05, 3.63) is 28.8 Å². The molecular weight excluding hydrogens is 275 g/mol. The molecule has 0 N–H and O–H groups in total. The fourth-order valence-corrected chi connectivity index (χ4v) is 1.60. The molecule has 1 aromatic rings. The van der Waals surface area contributed by atoms with Gasteiger partial charge in [-0.25, -0.2) is 4.79 Å². The Morgan fingerprint density at radius 3 is 2.45 bits per heavy atom. The summed E-state index contributed by atoms with van der Waals surface area (Å²) in [6.45, 7) is 3.32. The molecule has 0 spiro atoms. The molecule has 0 aliphatic heterocycles. The first-order chi connectivity index (χ1) is 9.32. The van der Waals surface area contributed by atoms with Gasteiger partial charge in [0.1, 0.15) is 11.8 Å². The zero-order chi connectivity index (χ0) is 15.3. The van der Waals surface area contributed by atoms with Gasteiger partial charge in [0.25, 0.3) is 0 Å². The molecule has 0 unspecified atom stereocenters. The van der Waals surface area contributed by atoms with Crippen LogP contribution in [-0.4, -0.2) is 18.9 Å². The summed E-state index contributed by atoms with van der Waals surface area (Å²) in [5, 5.41) is 8.92. The van der Waals surface area contributed by atoms with Crippen LogP contribution in [0.15, 0.2) is 12.1 Å². The van der Waals surface area contributed by atoms with Gasteiger partial charge in [-0.15, -0.1) is 13.2 Å². The van der Waals surface area contributed by atoms with Gasteiger partial charge in [-0.1, -0.05) is 6.92 Å². The zero-order valence-electron chi connectivity index (χ0n) is 10.9. The SMILES string of the molecule is CCOC(=O)c1cc(C#N)c(OC(F)(F)F)c(CC)c1. The van der Waals surface area contributed by atoms with Crippen LogP contribution in [0.25, 0.3) is 0 Å². The molecule has 0 radical (unpaired) electrons. The van der Waals surface area contributed by atoms with E-state index in [0.29, 0.717) is 0 Å². The Hall–Kier alpha value is -2.23. The summed E-state index contributed by atoms with van der Waals surface area (Å²) < 4.78 is 45.6. The van der Waals surface area contributed by atoms with Crippen LogP contribution in [0.1, 0.15) is 35.3 Å². The largest absolute Gasteiger partial charge is 0.573 e. The lowest BCUT2D eigenvalue weighted by molar-refractivity contribution is -0.275. The molecule has 0 bridgehead atoms. The van der Waals surface area contributed by atoms with E-state index < -0.39 is 18.1 Å². The monoisotopic (exact) mass is 287 g/mol. The molecule has 0 saturated heterocycles. The van der Waals surface area contributed by atoms with Gasteiger partial charge in [0, 0.05) is 0 Å². The second-order valence-electron chi connectivity index (χ2n) is 3.75. The quantitative estimate of drug-likeness (QED) is 0.798. The number of carbonyl (C=O) groups excluding carboxylic acids is 1. The Morgan fingerprint density at radius 2 is 2.00 bits per heavy atom. The van der Waals surface area contributed by atoms with Gasteiger partial charge in [0.05, 0.1) is 17.7 Å². The van der Waals surface area contributed by atoms with E-state index in [-0.39, 0.29) is 29.7 Å². The number of benzene rings is 1. The van der Waals surface area contributed by atoms with Crippen molar-refractivity contribution in [1.29, 1.82) is 5.26 Å². The van der Waals surface area contributed by atoms with Gasteiger partial charge in [-0.05, 0) is 31.0 Å². The van der Waals surface area contributed by atoms with E-state index in [1.165, 1.54) is 6.07 Å². The lowest BCUT2D eigenvalue weighted by atomic mass is 10.0. The van der Waals surface area contributed by atoms with Gasteiger partial charge in [0.2, 0.25) is 0 Å². The van der Waals surface area contributed by atoms with E-state index in [1.807, 2.05) is 0 Å². The van der Waals surface area contributed by atoms with Crippen LogP contribution >= 0.6 is 0 Å². The number of esters is 1. The molecule has 108 valence electrons. The molecule has 0 aromatic heterocycles. The normalized spacial score (nSPS) is 10.8. The maximum absolute atomic E-state index is 12.3. The summed E-state index contributed by atoms with van der Waals surface area (Å²) in [6, 6.07) is 3.86. The number of rotatable bonds is 4. The summed E-state index contributed by atoms with van der Waals surface area (Å²) in [6.07, 6.45) is -4.73. The van der Waals surface area contributed by atoms with Crippen LogP contribution in [0.3, 0.4) is 0 Å². The van der Waals surface area contributed by atoms with Crippen molar-refractivity contribution in [3.8, 4) is 11.8 Å². The highest BCUT2D eigenvalue weighted by Crippen LogP contribution is 2.31. The van der Waals surface area contributed by atoms with Crippen LogP contribution in [0, 0.1) is 11.3 Å². The molecule has 0 aliphatic carbocycles. The summed E-state index contributed by atoms with van der Waals surface area (Å²) in [5.41, 5.74) is -0.219. The molecule has 4 nitrogen and oxygen atoms in total. The van der Waals surface area contributed by atoms with Crippen LogP contribution in [0.4, 0.5) is 13.2 Å². The maximum atomic E-state index is 12.3. The topological polar surface area (TPSA) is 59.3 Å². The summed E-state index contributed by atoms with van der Waals surface area (Å²) >= 11 is 0. The van der Waals surface area contributed by atoms with Crippen molar-refractivity contribution < 1.29 is 27.4 Å². The van der Waals surface area contributed by atoms with Crippen molar-refractivity contribution in [3.63, 3.8) is 0 Å². The second-order valence-corrected chi connectivity index (χ2v) is 3.75. The first-order valence-corrected chi connectivity index (χ1v) is 5.82. The predicted octanol–water partition coefficient (Wildman–Crippen LogP) is 3.20. The van der Waals surface area contributed by atoms with Gasteiger partial charge < -0.3 is 9.47 Å². The number of hydrogen-bond donors (Lipinski definition) is 0. The predicted molar refractivity (Wildman–Crippen MR) is 63.2 cm³/mol. The third-order valence-corrected chi connectivity index (χ3v) is 2.40. The number of nitrogens with zero attached hydrogens (tertiary/aromatic N) is 1.